The third kappa shape index (κ3) is 5.55. The van der Waals surface area contributed by atoms with Crippen LogP contribution < -0.4 is 5.32 Å². The zero-order chi connectivity index (χ0) is 15.3. The Kier molecular flexibility index (Phi) is 7.74. The van der Waals surface area contributed by atoms with Gasteiger partial charge < -0.3 is 10.2 Å². The highest BCUT2D eigenvalue weighted by atomic mass is 35.5. The summed E-state index contributed by atoms with van der Waals surface area (Å²) in [5.41, 5.74) is -0.224. The molecule has 1 N–H and O–H groups in total. The van der Waals surface area contributed by atoms with E-state index in [9.17, 15) is 18.0 Å². The van der Waals surface area contributed by atoms with Gasteiger partial charge in [0.05, 0.1) is 11.6 Å². The predicted octanol–water partition coefficient (Wildman–Crippen LogP) is 3.26. The lowest BCUT2D eigenvalue weighted by atomic mass is 10.0. The van der Waals surface area contributed by atoms with E-state index < -0.39 is 17.8 Å². The molecule has 0 saturated heterocycles. The zero-order valence-corrected chi connectivity index (χ0v) is 13.0. The van der Waals surface area contributed by atoms with Crippen LogP contribution in [-0.2, 0) is 11.0 Å². The second-order valence-electron chi connectivity index (χ2n) is 4.66. The molecule has 1 unspecified atom stereocenters. The van der Waals surface area contributed by atoms with Crippen molar-refractivity contribution in [2.24, 2.45) is 0 Å². The summed E-state index contributed by atoms with van der Waals surface area (Å²) in [5.74, 6) is -0.107. The summed E-state index contributed by atoms with van der Waals surface area (Å²) in [4.78, 5) is 13.3. The van der Waals surface area contributed by atoms with Crippen molar-refractivity contribution < 1.29 is 18.0 Å². The summed E-state index contributed by atoms with van der Waals surface area (Å²) in [5, 5.41) is 2.86. The van der Waals surface area contributed by atoms with E-state index in [0.29, 0.717) is 18.5 Å². The number of nitrogens with zero attached hydrogens (tertiary/aromatic N) is 1. The lowest BCUT2D eigenvalue weighted by Gasteiger charge is -2.26. The number of nitrogens with one attached hydrogen (secondary N) is 1. The van der Waals surface area contributed by atoms with Crippen LogP contribution in [0.3, 0.4) is 0 Å². The zero-order valence-electron chi connectivity index (χ0n) is 12.2. The van der Waals surface area contributed by atoms with Crippen molar-refractivity contribution in [2.75, 3.05) is 20.6 Å². The van der Waals surface area contributed by atoms with Crippen LogP contribution in [-0.4, -0.2) is 31.4 Å². The van der Waals surface area contributed by atoms with Crippen molar-refractivity contribution in [3.05, 3.63) is 35.4 Å². The van der Waals surface area contributed by atoms with Gasteiger partial charge in [-0.3, -0.25) is 4.79 Å². The molecule has 3 nitrogen and oxygen atoms in total. The maximum absolute atomic E-state index is 12.7. The van der Waals surface area contributed by atoms with Gasteiger partial charge in [0.2, 0.25) is 5.91 Å². The predicted molar refractivity (Wildman–Crippen MR) is 78.4 cm³/mol. The molecule has 1 amide bonds. The van der Waals surface area contributed by atoms with Gasteiger partial charge in [0.15, 0.2) is 0 Å². The summed E-state index contributed by atoms with van der Waals surface area (Å²) in [6.45, 7) is 2.26. The number of carbonyl (C=O) groups is 1. The Morgan fingerprint density at radius 1 is 1.38 bits per heavy atom. The molecule has 1 aromatic rings. The average Bonchev–Trinajstić information content (AvgIpc) is 2.42. The molecule has 120 valence electrons. The van der Waals surface area contributed by atoms with Crippen molar-refractivity contribution in [2.45, 2.75) is 25.6 Å². The fraction of sp³-hybridized carbons (Fsp3) is 0.500. The van der Waals surface area contributed by atoms with Crippen molar-refractivity contribution in [3.63, 3.8) is 0 Å². The highest BCUT2D eigenvalue weighted by Gasteiger charge is 2.31. The van der Waals surface area contributed by atoms with Crippen LogP contribution in [0.15, 0.2) is 24.3 Å². The van der Waals surface area contributed by atoms with E-state index >= 15 is 0 Å². The number of carbonyl (C=O) groups excluding carboxylic acids is 1. The molecule has 1 rings (SSSR count). The van der Waals surface area contributed by atoms with Crippen LogP contribution in [0, 0.1) is 0 Å². The smallest absolute Gasteiger partial charge is 0.339 e. The number of hydrogen-bond donors (Lipinski definition) is 1. The molecular weight excluding hydrogens is 305 g/mol. The van der Waals surface area contributed by atoms with Gasteiger partial charge in [0, 0.05) is 20.0 Å². The van der Waals surface area contributed by atoms with E-state index in [-0.39, 0.29) is 18.3 Å². The molecule has 0 aliphatic carbocycles. The minimum Gasteiger partial charge on any atom is -0.339 e. The quantitative estimate of drug-likeness (QED) is 0.901. The van der Waals surface area contributed by atoms with Crippen molar-refractivity contribution in [1.29, 1.82) is 0 Å². The number of rotatable bonds is 5. The molecule has 0 fully saturated rings. The first-order valence-corrected chi connectivity index (χ1v) is 6.34. The number of halogens is 4. The summed E-state index contributed by atoms with van der Waals surface area (Å²) in [6, 6.07) is 4.68. The molecule has 0 aromatic heterocycles. The fourth-order valence-corrected chi connectivity index (χ4v) is 1.82. The lowest BCUT2D eigenvalue weighted by molar-refractivity contribution is -0.137. The normalized spacial score (nSPS) is 12.5. The molecule has 21 heavy (non-hydrogen) atoms. The number of alkyl halides is 3. The highest BCUT2D eigenvalue weighted by molar-refractivity contribution is 5.85. The third-order valence-corrected chi connectivity index (χ3v) is 3.26. The first kappa shape index (κ1) is 19.7. The van der Waals surface area contributed by atoms with Gasteiger partial charge in [-0.05, 0) is 31.7 Å². The highest BCUT2D eigenvalue weighted by Crippen LogP contribution is 2.31. The molecule has 0 bridgehead atoms. The van der Waals surface area contributed by atoms with E-state index in [0.717, 1.165) is 12.1 Å². The van der Waals surface area contributed by atoms with Crippen LogP contribution in [0.25, 0.3) is 0 Å². The van der Waals surface area contributed by atoms with E-state index in [1.807, 2.05) is 0 Å². The summed E-state index contributed by atoms with van der Waals surface area (Å²) in [6.07, 6.45) is -4.05. The molecule has 0 aliphatic heterocycles. The Bertz CT molecular complexity index is 466. The first-order chi connectivity index (χ1) is 9.27. The second-order valence-corrected chi connectivity index (χ2v) is 4.66. The Labute approximate surface area is 128 Å². The van der Waals surface area contributed by atoms with Crippen molar-refractivity contribution in [3.8, 4) is 0 Å². The Hall–Kier alpha value is -1.27. The van der Waals surface area contributed by atoms with Crippen LogP contribution in [0.4, 0.5) is 13.2 Å². The Morgan fingerprint density at radius 3 is 2.52 bits per heavy atom. The summed E-state index contributed by atoms with van der Waals surface area (Å²) >= 11 is 0. The van der Waals surface area contributed by atoms with Gasteiger partial charge in [-0.2, -0.15) is 13.2 Å². The molecule has 1 atom stereocenters. The number of hydrogen-bond acceptors (Lipinski definition) is 2. The molecular formula is C14H20ClF3N2O. The molecule has 0 heterocycles. The van der Waals surface area contributed by atoms with Gasteiger partial charge in [0.25, 0.3) is 0 Å². The molecule has 0 radical (unpaired) electrons. The van der Waals surface area contributed by atoms with Gasteiger partial charge in [0.1, 0.15) is 0 Å². The van der Waals surface area contributed by atoms with E-state index in [1.54, 1.807) is 27.1 Å². The van der Waals surface area contributed by atoms with Crippen LogP contribution in [0.5, 0.6) is 0 Å². The lowest BCUT2D eigenvalue weighted by Crippen LogP contribution is -2.31. The monoisotopic (exact) mass is 324 g/mol. The third-order valence-electron chi connectivity index (χ3n) is 3.26. The SMILES string of the molecule is CNCCC(=O)N(C)C(C)c1cccc(C(F)(F)F)c1.Cl. The first-order valence-electron chi connectivity index (χ1n) is 6.34. The molecule has 0 aliphatic rings. The molecule has 1 aromatic carbocycles. The maximum atomic E-state index is 12.7. The van der Waals surface area contributed by atoms with Crippen LogP contribution in [0.1, 0.15) is 30.5 Å². The Morgan fingerprint density at radius 2 is 2.00 bits per heavy atom. The number of amides is 1. The van der Waals surface area contributed by atoms with Gasteiger partial charge >= 0.3 is 6.18 Å². The van der Waals surface area contributed by atoms with Gasteiger partial charge in [-0.1, -0.05) is 12.1 Å². The minimum atomic E-state index is -4.37. The summed E-state index contributed by atoms with van der Waals surface area (Å²) in [7, 11) is 3.34. The maximum Gasteiger partial charge on any atom is 0.416 e. The molecule has 7 heteroatoms. The standard InChI is InChI=1S/C14H19F3N2O.ClH/c1-10(19(3)13(20)7-8-18-2)11-5-4-6-12(9-11)14(15,16)17;/h4-6,9-10,18H,7-8H2,1-3H3;1H. The van der Waals surface area contributed by atoms with Gasteiger partial charge in [-0.25, -0.2) is 0 Å². The topological polar surface area (TPSA) is 32.3 Å². The fourth-order valence-electron chi connectivity index (χ4n) is 1.82. The second kappa shape index (κ2) is 8.24. The number of benzene rings is 1. The average molecular weight is 325 g/mol. The largest absolute Gasteiger partial charge is 0.416 e. The van der Waals surface area contributed by atoms with Crippen LogP contribution in [0.2, 0.25) is 0 Å². The molecule has 0 saturated carbocycles. The van der Waals surface area contributed by atoms with Crippen LogP contribution >= 0.6 is 12.4 Å². The van der Waals surface area contributed by atoms with Crippen molar-refractivity contribution in [1.82, 2.24) is 10.2 Å². The summed E-state index contributed by atoms with van der Waals surface area (Å²) < 4.78 is 38.0. The van der Waals surface area contributed by atoms with E-state index in [2.05, 4.69) is 5.32 Å². The Balaban J connectivity index is 0.00000400. The molecule has 0 spiro atoms. The van der Waals surface area contributed by atoms with E-state index in [1.165, 1.54) is 11.0 Å². The van der Waals surface area contributed by atoms with Crippen molar-refractivity contribution >= 4 is 18.3 Å². The minimum absolute atomic E-state index is 0. The van der Waals surface area contributed by atoms with Gasteiger partial charge in [-0.15, -0.1) is 12.4 Å². The van der Waals surface area contributed by atoms with E-state index in [4.69, 9.17) is 0 Å².